The molecule has 1 aromatic heterocycles. The molecule has 1 unspecified atom stereocenters. The zero-order chi connectivity index (χ0) is 14.0. The van der Waals surface area contributed by atoms with E-state index in [1.54, 1.807) is 6.92 Å². The van der Waals surface area contributed by atoms with Crippen LogP contribution < -0.4 is 5.32 Å². The number of amides is 1. The number of thiophene rings is 1. The number of aryl methyl sites for hydroxylation is 1. The summed E-state index contributed by atoms with van der Waals surface area (Å²) in [5.41, 5.74) is 0. The molecule has 1 aromatic rings. The van der Waals surface area contributed by atoms with Crippen molar-refractivity contribution in [2.45, 2.75) is 30.8 Å². The van der Waals surface area contributed by atoms with Gasteiger partial charge in [-0.15, -0.1) is 11.3 Å². The van der Waals surface area contributed by atoms with Gasteiger partial charge in [-0.2, -0.15) is 0 Å². The molecule has 0 radical (unpaired) electrons. The van der Waals surface area contributed by atoms with Gasteiger partial charge in [-0.25, -0.2) is 8.42 Å². The number of rotatable bonds is 4. The molecule has 5 nitrogen and oxygen atoms in total. The standard InChI is InChI=1S/C11H14ClNO4S2/c1-7-10(19(12,15)16)5-9(18-7)11(14)13-6-8-3-2-4-17-8/h5,8H,2-4,6H2,1H3,(H,13,14). The normalized spacial score (nSPS) is 19.6. The highest BCUT2D eigenvalue weighted by atomic mass is 35.7. The van der Waals surface area contributed by atoms with Crippen LogP contribution in [-0.2, 0) is 13.8 Å². The Morgan fingerprint density at radius 1 is 1.63 bits per heavy atom. The van der Waals surface area contributed by atoms with Crippen molar-refractivity contribution in [1.82, 2.24) is 5.32 Å². The van der Waals surface area contributed by atoms with Crippen molar-refractivity contribution in [2.75, 3.05) is 13.2 Å². The number of halogens is 1. The molecule has 1 N–H and O–H groups in total. The van der Waals surface area contributed by atoms with Crippen molar-refractivity contribution < 1.29 is 17.9 Å². The molecule has 1 fully saturated rings. The van der Waals surface area contributed by atoms with Crippen LogP contribution in [0, 0.1) is 6.92 Å². The number of nitrogens with one attached hydrogen (secondary N) is 1. The lowest BCUT2D eigenvalue weighted by Gasteiger charge is -2.09. The number of hydrogen-bond donors (Lipinski definition) is 1. The monoisotopic (exact) mass is 323 g/mol. The summed E-state index contributed by atoms with van der Waals surface area (Å²) in [6.45, 7) is 2.79. The van der Waals surface area contributed by atoms with Gasteiger partial charge in [0.05, 0.1) is 15.9 Å². The molecular weight excluding hydrogens is 310 g/mol. The van der Waals surface area contributed by atoms with Crippen LogP contribution in [0.25, 0.3) is 0 Å². The summed E-state index contributed by atoms with van der Waals surface area (Å²) in [5.74, 6) is -0.296. The first-order valence-corrected chi connectivity index (χ1v) is 8.95. The summed E-state index contributed by atoms with van der Waals surface area (Å²) >= 11 is 1.12. The molecule has 0 spiro atoms. The molecular formula is C11H14ClNO4S2. The SMILES string of the molecule is Cc1sc(C(=O)NCC2CCCO2)cc1S(=O)(=O)Cl. The third-order valence-corrected chi connectivity index (χ3v) is 5.50. The van der Waals surface area contributed by atoms with Crippen LogP contribution in [0.3, 0.4) is 0 Å². The Morgan fingerprint density at radius 3 is 2.89 bits per heavy atom. The fourth-order valence-corrected chi connectivity index (χ4v) is 4.50. The fourth-order valence-electron chi connectivity index (χ4n) is 1.92. The molecule has 1 saturated heterocycles. The van der Waals surface area contributed by atoms with E-state index in [0.717, 1.165) is 30.8 Å². The second-order valence-electron chi connectivity index (χ2n) is 4.31. The summed E-state index contributed by atoms with van der Waals surface area (Å²) < 4.78 is 27.9. The zero-order valence-electron chi connectivity index (χ0n) is 10.3. The van der Waals surface area contributed by atoms with E-state index < -0.39 is 9.05 Å². The largest absolute Gasteiger partial charge is 0.376 e. The van der Waals surface area contributed by atoms with E-state index >= 15 is 0 Å². The maximum absolute atomic E-state index is 11.9. The molecule has 1 amide bonds. The molecule has 19 heavy (non-hydrogen) atoms. The van der Waals surface area contributed by atoms with Crippen LogP contribution >= 0.6 is 22.0 Å². The number of carbonyl (C=O) groups is 1. The molecule has 2 rings (SSSR count). The van der Waals surface area contributed by atoms with Crippen molar-refractivity contribution in [3.8, 4) is 0 Å². The Balaban J connectivity index is 2.03. The van der Waals surface area contributed by atoms with E-state index in [2.05, 4.69) is 5.32 Å². The lowest BCUT2D eigenvalue weighted by atomic mass is 10.2. The van der Waals surface area contributed by atoms with Crippen LogP contribution in [0.2, 0.25) is 0 Å². The topological polar surface area (TPSA) is 72.5 Å². The predicted octanol–water partition coefficient (Wildman–Crippen LogP) is 1.89. The number of hydrogen-bond acceptors (Lipinski definition) is 5. The Morgan fingerprint density at radius 2 is 2.37 bits per heavy atom. The van der Waals surface area contributed by atoms with E-state index in [4.69, 9.17) is 15.4 Å². The lowest BCUT2D eigenvalue weighted by molar-refractivity contribution is 0.0861. The Bertz CT molecular complexity index is 576. The van der Waals surface area contributed by atoms with E-state index in [1.165, 1.54) is 6.07 Å². The Hall–Kier alpha value is -0.630. The van der Waals surface area contributed by atoms with Gasteiger partial charge in [0.15, 0.2) is 0 Å². The van der Waals surface area contributed by atoms with Crippen molar-refractivity contribution in [2.24, 2.45) is 0 Å². The van der Waals surface area contributed by atoms with E-state index in [1.807, 2.05) is 0 Å². The Kier molecular flexibility index (Phi) is 4.50. The number of ether oxygens (including phenoxy) is 1. The molecule has 1 aliphatic heterocycles. The molecule has 2 heterocycles. The molecule has 0 bridgehead atoms. The predicted molar refractivity (Wildman–Crippen MR) is 73.4 cm³/mol. The minimum absolute atomic E-state index is 0.00133. The smallest absolute Gasteiger partial charge is 0.262 e. The van der Waals surface area contributed by atoms with E-state index in [-0.39, 0.29) is 16.9 Å². The third kappa shape index (κ3) is 3.68. The quantitative estimate of drug-likeness (QED) is 0.859. The lowest BCUT2D eigenvalue weighted by Crippen LogP contribution is -2.31. The maximum Gasteiger partial charge on any atom is 0.262 e. The van der Waals surface area contributed by atoms with Crippen LogP contribution in [0.4, 0.5) is 0 Å². The van der Waals surface area contributed by atoms with Crippen molar-refractivity contribution in [1.29, 1.82) is 0 Å². The first-order chi connectivity index (χ1) is 8.88. The molecule has 0 saturated carbocycles. The maximum atomic E-state index is 11.9. The molecule has 1 aliphatic rings. The minimum Gasteiger partial charge on any atom is -0.376 e. The Labute approximate surface area is 120 Å². The summed E-state index contributed by atoms with van der Waals surface area (Å²) in [5, 5.41) is 2.74. The highest BCUT2D eigenvalue weighted by Crippen LogP contribution is 2.28. The van der Waals surface area contributed by atoms with Gasteiger partial charge in [0, 0.05) is 28.7 Å². The average Bonchev–Trinajstić information content (AvgIpc) is 2.93. The second-order valence-corrected chi connectivity index (χ2v) is 8.10. The number of carbonyl (C=O) groups excluding carboxylic acids is 1. The van der Waals surface area contributed by atoms with Gasteiger partial charge < -0.3 is 10.1 Å². The van der Waals surface area contributed by atoms with Crippen molar-refractivity contribution >= 4 is 37.0 Å². The minimum atomic E-state index is -3.80. The van der Waals surface area contributed by atoms with Gasteiger partial charge in [-0.05, 0) is 25.8 Å². The first-order valence-electron chi connectivity index (χ1n) is 5.83. The average molecular weight is 324 g/mol. The molecule has 1 atom stereocenters. The molecule has 0 aromatic carbocycles. The van der Waals surface area contributed by atoms with E-state index in [9.17, 15) is 13.2 Å². The van der Waals surface area contributed by atoms with Crippen LogP contribution in [0.5, 0.6) is 0 Å². The molecule has 106 valence electrons. The second kappa shape index (κ2) is 5.78. The van der Waals surface area contributed by atoms with Gasteiger partial charge in [0.1, 0.15) is 0 Å². The highest BCUT2D eigenvalue weighted by molar-refractivity contribution is 8.13. The van der Waals surface area contributed by atoms with Gasteiger partial charge >= 0.3 is 0 Å². The van der Waals surface area contributed by atoms with Gasteiger partial charge in [0.25, 0.3) is 15.0 Å². The van der Waals surface area contributed by atoms with Crippen molar-refractivity contribution in [3.63, 3.8) is 0 Å². The molecule has 0 aliphatic carbocycles. The van der Waals surface area contributed by atoms with Gasteiger partial charge in [0.2, 0.25) is 0 Å². The molecule has 8 heteroatoms. The van der Waals surface area contributed by atoms with Gasteiger partial charge in [-0.1, -0.05) is 0 Å². The zero-order valence-corrected chi connectivity index (χ0v) is 12.7. The van der Waals surface area contributed by atoms with Crippen LogP contribution in [-0.4, -0.2) is 33.6 Å². The summed E-state index contributed by atoms with van der Waals surface area (Å²) in [4.78, 5) is 12.8. The highest BCUT2D eigenvalue weighted by Gasteiger charge is 2.21. The fraction of sp³-hybridized carbons (Fsp3) is 0.545. The van der Waals surface area contributed by atoms with Crippen molar-refractivity contribution in [3.05, 3.63) is 15.8 Å². The first kappa shape index (κ1) is 14.8. The third-order valence-electron chi connectivity index (χ3n) is 2.87. The van der Waals surface area contributed by atoms with Crippen LogP contribution in [0.15, 0.2) is 11.0 Å². The van der Waals surface area contributed by atoms with E-state index in [0.29, 0.717) is 16.3 Å². The van der Waals surface area contributed by atoms with Crippen LogP contribution in [0.1, 0.15) is 27.4 Å². The summed E-state index contributed by atoms with van der Waals surface area (Å²) in [7, 11) is 1.49. The summed E-state index contributed by atoms with van der Waals surface area (Å²) in [6, 6.07) is 1.31. The van der Waals surface area contributed by atoms with Gasteiger partial charge in [-0.3, -0.25) is 4.79 Å². The summed E-state index contributed by atoms with van der Waals surface area (Å²) in [6.07, 6.45) is 2.00.